The number of hydrogen-bond donors (Lipinski definition) is 1. The molecule has 1 N–H and O–H groups in total. The second kappa shape index (κ2) is 5.43. The largest absolute Gasteiger partial charge is 0.408 e. The summed E-state index contributed by atoms with van der Waals surface area (Å²) in [4.78, 5) is 11.2. The maximum absolute atomic E-state index is 13.2. The van der Waals surface area contributed by atoms with E-state index in [1.165, 1.54) is 10.3 Å². The van der Waals surface area contributed by atoms with E-state index in [-0.39, 0.29) is 23.7 Å². The second-order valence-electron chi connectivity index (χ2n) is 4.21. The van der Waals surface area contributed by atoms with Gasteiger partial charge in [0, 0.05) is 37.6 Å². The van der Waals surface area contributed by atoms with Crippen molar-refractivity contribution < 1.29 is 18.1 Å². The van der Waals surface area contributed by atoms with Crippen molar-refractivity contribution in [3.63, 3.8) is 0 Å². The predicted molar refractivity (Wildman–Crippen MR) is 64.2 cm³/mol. The summed E-state index contributed by atoms with van der Waals surface area (Å²) in [6.45, 7) is 1.51. The summed E-state index contributed by atoms with van der Waals surface area (Å²) in [5.74, 6) is 0. The lowest BCUT2D eigenvalue weighted by molar-refractivity contribution is -0.380. The van der Waals surface area contributed by atoms with Crippen LogP contribution in [-0.2, 0) is 0 Å². The Kier molecular flexibility index (Phi) is 4.07. The van der Waals surface area contributed by atoms with Gasteiger partial charge in [-0.2, -0.15) is 13.2 Å². The summed E-state index contributed by atoms with van der Waals surface area (Å²) in [6, 6.07) is -0.746. The Balaban J connectivity index is 2.28. The van der Waals surface area contributed by atoms with Crippen LogP contribution in [0.2, 0.25) is 0 Å². The zero-order valence-electron chi connectivity index (χ0n) is 9.81. The lowest BCUT2D eigenvalue weighted by Gasteiger charge is -2.35. The number of nitro groups is 1. The van der Waals surface area contributed by atoms with Crippen LogP contribution >= 0.6 is 11.3 Å². The Bertz CT molecular complexity index is 457. The van der Waals surface area contributed by atoms with Crippen molar-refractivity contribution >= 4 is 16.3 Å². The van der Waals surface area contributed by atoms with E-state index in [4.69, 9.17) is 0 Å². The number of halogens is 3. The van der Waals surface area contributed by atoms with Gasteiger partial charge in [0.15, 0.2) is 0 Å². The highest BCUT2D eigenvalue weighted by Gasteiger charge is 2.45. The molecular formula is C10H12F3N3O2S. The fourth-order valence-electron chi connectivity index (χ4n) is 2.13. The molecule has 2 heterocycles. The normalized spacial score (nSPS) is 19.3. The molecule has 1 aliphatic rings. The Hall–Kier alpha value is -1.19. The van der Waals surface area contributed by atoms with Crippen molar-refractivity contribution in [1.82, 2.24) is 10.2 Å². The van der Waals surface area contributed by atoms with Crippen LogP contribution in [0.3, 0.4) is 0 Å². The molecule has 0 aliphatic carbocycles. The number of nitrogens with zero attached hydrogens (tertiary/aromatic N) is 2. The van der Waals surface area contributed by atoms with Gasteiger partial charge in [-0.25, -0.2) is 0 Å². The predicted octanol–water partition coefficient (Wildman–Crippen LogP) is 2.16. The molecule has 0 spiro atoms. The third-order valence-corrected chi connectivity index (χ3v) is 3.83. The molecule has 106 valence electrons. The Morgan fingerprint density at radius 2 is 2.05 bits per heavy atom. The number of alkyl halides is 3. The van der Waals surface area contributed by atoms with Crippen LogP contribution in [0.15, 0.2) is 11.4 Å². The molecule has 2 rings (SSSR count). The van der Waals surface area contributed by atoms with Gasteiger partial charge < -0.3 is 5.32 Å². The van der Waals surface area contributed by atoms with Gasteiger partial charge in [-0.1, -0.05) is 11.3 Å². The highest BCUT2D eigenvalue weighted by Crippen LogP contribution is 2.40. The molecule has 1 aromatic heterocycles. The van der Waals surface area contributed by atoms with E-state index in [9.17, 15) is 23.3 Å². The number of nitrogens with one attached hydrogen (secondary N) is 1. The highest BCUT2D eigenvalue weighted by molar-refractivity contribution is 7.13. The number of rotatable bonds is 3. The first-order valence-corrected chi connectivity index (χ1v) is 6.52. The molecule has 0 aromatic carbocycles. The van der Waals surface area contributed by atoms with Gasteiger partial charge in [0.05, 0.1) is 4.92 Å². The first-order valence-electron chi connectivity index (χ1n) is 5.64. The van der Waals surface area contributed by atoms with Crippen LogP contribution < -0.4 is 5.32 Å². The third-order valence-electron chi connectivity index (χ3n) is 2.93. The average molecular weight is 295 g/mol. The monoisotopic (exact) mass is 295 g/mol. The molecule has 9 heteroatoms. The van der Waals surface area contributed by atoms with Gasteiger partial charge in [0.25, 0.3) is 0 Å². The van der Waals surface area contributed by atoms with Crippen molar-refractivity contribution in [3.8, 4) is 0 Å². The molecule has 0 amide bonds. The first-order chi connectivity index (χ1) is 8.89. The van der Waals surface area contributed by atoms with Crippen LogP contribution in [0.5, 0.6) is 0 Å². The molecule has 0 radical (unpaired) electrons. The van der Waals surface area contributed by atoms with Crippen molar-refractivity contribution in [2.24, 2.45) is 0 Å². The van der Waals surface area contributed by atoms with Gasteiger partial charge in [0.2, 0.25) is 0 Å². The number of thiophene rings is 1. The first kappa shape index (κ1) is 14.2. The topological polar surface area (TPSA) is 58.4 Å². The fourth-order valence-corrected chi connectivity index (χ4v) is 2.87. The number of hydrogen-bond acceptors (Lipinski definition) is 5. The summed E-state index contributed by atoms with van der Waals surface area (Å²) < 4.78 is 39.5. The van der Waals surface area contributed by atoms with Crippen molar-refractivity contribution in [1.29, 1.82) is 0 Å². The van der Waals surface area contributed by atoms with Crippen LogP contribution in [0.25, 0.3) is 0 Å². The van der Waals surface area contributed by atoms with Crippen molar-refractivity contribution in [2.75, 3.05) is 26.2 Å². The number of piperazine rings is 1. The maximum Gasteiger partial charge on any atom is 0.408 e. The van der Waals surface area contributed by atoms with E-state index >= 15 is 0 Å². The molecule has 5 nitrogen and oxygen atoms in total. The Labute approximate surface area is 111 Å². The minimum Gasteiger partial charge on any atom is -0.314 e. The van der Waals surface area contributed by atoms with Crippen molar-refractivity contribution in [3.05, 3.63) is 27.1 Å². The van der Waals surface area contributed by atoms with Crippen LogP contribution in [-0.4, -0.2) is 42.2 Å². The molecule has 19 heavy (non-hydrogen) atoms. The minimum atomic E-state index is -4.44. The maximum atomic E-state index is 13.2. The third kappa shape index (κ3) is 3.23. The van der Waals surface area contributed by atoms with E-state index in [0.29, 0.717) is 13.1 Å². The summed E-state index contributed by atoms with van der Waals surface area (Å²) in [5, 5.41) is 14.5. The summed E-state index contributed by atoms with van der Waals surface area (Å²) in [5.41, 5.74) is -0.0499. The quantitative estimate of drug-likeness (QED) is 0.686. The van der Waals surface area contributed by atoms with Gasteiger partial charge >= 0.3 is 11.2 Å². The molecule has 0 saturated carbocycles. The molecule has 1 aliphatic heterocycles. The second-order valence-corrected chi connectivity index (χ2v) is 5.10. The molecular weight excluding hydrogens is 283 g/mol. The van der Waals surface area contributed by atoms with E-state index in [2.05, 4.69) is 5.32 Å². The fraction of sp³-hybridized carbons (Fsp3) is 0.600. The lowest BCUT2D eigenvalue weighted by Crippen LogP contribution is -2.48. The molecule has 0 bridgehead atoms. The summed E-state index contributed by atoms with van der Waals surface area (Å²) in [6.07, 6.45) is -4.44. The standard InChI is InChI=1S/C10H12F3N3O2S/c11-10(12,13)9(15-3-1-14-2-4-15)7-5-8(16(17)18)19-6-7/h5-6,9,14H,1-4H2/t9-/m0/s1. The van der Waals surface area contributed by atoms with Crippen LogP contribution in [0.4, 0.5) is 18.2 Å². The molecule has 1 fully saturated rings. The Morgan fingerprint density at radius 1 is 1.42 bits per heavy atom. The molecule has 1 aromatic rings. The zero-order chi connectivity index (χ0) is 14.0. The Morgan fingerprint density at radius 3 is 2.53 bits per heavy atom. The highest BCUT2D eigenvalue weighted by atomic mass is 32.1. The smallest absolute Gasteiger partial charge is 0.314 e. The summed E-state index contributed by atoms with van der Waals surface area (Å²) in [7, 11) is 0. The van der Waals surface area contributed by atoms with Crippen LogP contribution in [0, 0.1) is 10.1 Å². The average Bonchev–Trinajstić information content (AvgIpc) is 2.78. The van der Waals surface area contributed by atoms with E-state index < -0.39 is 17.1 Å². The minimum absolute atomic E-state index is 0.0499. The summed E-state index contributed by atoms with van der Waals surface area (Å²) >= 11 is 0.725. The SMILES string of the molecule is O=[N+]([O-])c1cc([C@H](N2CCNCC2)C(F)(F)F)cs1. The van der Waals surface area contributed by atoms with E-state index in [1.54, 1.807) is 0 Å². The van der Waals surface area contributed by atoms with Crippen molar-refractivity contribution in [2.45, 2.75) is 12.2 Å². The molecule has 1 saturated heterocycles. The zero-order valence-corrected chi connectivity index (χ0v) is 10.6. The van der Waals surface area contributed by atoms with Gasteiger partial charge in [-0.3, -0.25) is 15.0 Å². The van der Waals surface area contributed by atoms with Crippen LogP contribution in [0.1, 0.15) is 11.6 Å². The van der Waals surface area contributed by atoms with E-state index in [0.717, 1.165) is 17.4 Å². The van der Waals surface area contributed by atoms with Gasteiger partial charge in [-0.05, 0) is 5.56 Å². The van der Waals surface area contributed by atoms with Gasteiger partial charge in [0.1, 0.15) is 6.04 Å². The lowest BCUT2D eigenvalue weighted by atomic mass is 10.1. The van der Waals surface area contributed by atoms with E-state index in [1.807, 2.05) is 0 Å². The molecule has 0 unspecified atom stereocenters. The van der Waals surface area contributed by atoms with Gasteiger partial charge in [-0.15, -0.1) is 0 Å². The molecule has 1 atom stereocenters.